The fourth-order valence-electron chi connectivity index (χ4n) is 2.80. The van der Waals surface area contributed by atoms with Gasteiger partial charge in [0.25, 0.3) is 20.2 Å². The van der Waals surface area contributed by atoms with Crippen molar-refractivity contribution in [3.05, 3.63) is 47.5 Å². The number of hydrogen-bond donors (Lipinski definition) is 6. The van der Waals surface area contributed by atoms with E-state index >= 15 is 0 Å². The summed E-state index contributed by atoms with van der Waals surface area (Å²) in [5.41, 5.74) is 0.148. The van der Waals surface area contributed by atoms with Crippen LogP contribution in [0.25, 0.3) is 12.2 Å². The highest BCUT2D eigenvalue weighted by molar-refractivity contribution is 7.86. The summed E-state index contributed by atoms with van der Waals surface area (Å²) in [6.07, 6.45) is 2.42. The molecule has 0 aromatic heterocycles. The minimum Gasteiger partial charge on any atom is -0.338 e. The van der Waals surface area contributed by atoms with E-state index in [0.29, 0.717) is 13.1 Å². The summed E-state index contributed by atoms with van der Waals surface area (Å²) in [6, 6.07) is 6.26. The Kier molecular flexibility index (Phi) is 8.75. The highest BCUT2D eigenvalue weighted by Gasteiger charge is 2.18. The van der Waals surface area contributed by atoms with E-state index < -0.39 is 42.1 Å². The average molecular weight is 513 g/mol. The van der Waals surface area contributed by atoms with Gasteiger partial charge in [0.15, 0.2) is 0 Å². The van der Waals surface area contributed by atoms with Gasteiger partial charge in [-0.25, -0.2) is 9.59 Å². The molecule has 0 fully saturated rings. The van der Waals surface area contributed by atoms with Gasteiger partial charge < -0.3 is 21.3 Å². The maximum absolute atomic E-state index is 11.9. The van der Waals surface area contributed by atoms with Crippen LogP contribution in [-0.2, 0) is 20.2 Å². The lowest BCUT2D eigenvalue weighted by molar-refractivity contribution is 0.251. The van der Waals surface area contributed by atoms with Gasteiger partial charge in [-0.05, 0) is 49.2 Å². The Morgan fingerprint density at radius 3 is 1.38 bits per heavy atom. The van der Waals surface area contributed by atoms with Gasteiger partial charge in [-0.2, -0.15) is 16.8 Å². The zero-order valence-electron chi connectivity index (χ0n) is 18.2. The third-order valence-corrected chi connectivity index (χ3v) is 6.03. The second-order valence-corrected chi connectivity index (χ2v) is 9.54. The van der Waals surface area contributed by atoms with Gasteiger partial charge in [-0.15, -0.1) is 0 Å². The molecular weight excluding hydrogens is 488 g/mol. The number of carbonyl (C=O) groups is 2. The molecule has 14 heteroatoms. The van der Waals surface area contributed by atoms with Crippen LogP contribution in [0.15, 0.2) is 46.2 Å². The maximum atomic E-state index is 11.9. The van der Waals surface area contributed by atoms with Crippen molar-refractivity contribution in [1.29, 1.82) is 0 Å². The first kappa shape index (κ1) is 26.8. The van der Waals surface area contributed by atoms with E-state index in [-0.39, 0.29) is 22.5 Å². The predicted octanol–water partition coefficient (Wildman–Crippen LogP) is 2.63. The lowest BCUT2D eigenvalue weighted by Crippen LogP contribution is -2.28. The van der Waals surface area contributed by atoms with Crippen LogP contribution >= 0.6 is 0 Å². The molecular formula is C20H24N4O8S2. The van der Waals surface area contributed by atoms with Crippen LogP contribution < -0.4 is 21.3 Å². The topological polar surface area (TPSA) is 191 Å². The van der Waals surface area contributed by atoms with Crippen molar-refractivity contribution in [2.75, 3.05) is 23.7 Å². The van der Waals surface area contributed by atoms with Gasteiger partial charge in [0.2, 0.25) is 0 Å². The summed E-state index contributed by atoms with van der Waals surface area (Å²) < 4.78 is 66.7. The van der Waals surface area contributed by atoms with Gasteiger partial charge in [-0.1, -0.05) is 24.3 Å². The second-order valence-electron chi connectivity index (χ2n) is 6.76. The Labute approximate surface area is 196 Å². The minimum atomic E-state index is -4.72. The van der Waals surface area contributed by atoms with E-state index in [1.807, 2.05) is 0 Å². The number of anilines is 2. The van der Waals surface area contributed by atoms with E-state index in [0.717, 1.165) is 12.1 Å². The van der Waals surface area contributed by atoms with E-state index in [9.17, 15) is 35.5 Å². The standard InChI is InChI=1S/C20H24N4O8S2/c1-3-21-19(25)23-15-9-7-13(17(11-15)33(27,28)29)5-6-14-8-10-16(24-20(26)22-4-2)12-18(14)34(30,31)32/h5-12H,3-4H2,1-2H3,(H2,21,23,25)(H2,22,24,26)(H,27,28,29)(H,30,31,32). The molecule has 0 saturated carbocycles. The zero-order chi connectivity index (χ0) is 25.5. The number of benzene rings is 2. The zero-order valence-corrected chi connectivity index (χ0v) is 19.8. The minimum absolute atomic E-state index is 0.0187. The first-order chi connectivity index (χ1) is 15.8. The Bertz CT molecular complexity index is 1220. The summed E-state index contributed by atoms with van der Waals surface area (Å²) in [6.45, 7) is 4.07. The molecule has 6 N–H and O–H groups in total. The summed E-state index contributed by atoms with van der Waals surface area (Å²) in [5, 5.41) is 9.77. The van der Waals surface area contributed by atoms with E-state index in [2.05, 4.69) is 21.3 Å². The molecule has 0 spiro atoms. The van der Waals surface area contributed by atoms with Crippen molar-refractivity contribution in [2.24, 2.45) is 0 Å². The molecule has 0 aliphatic carbocycles. The smallest absolute Gasteiger partial charge is 0.319 e. The monoisotopic (exact) mass is 512 g/mol. The second kappa shape index (κ2) is 11.1. The van der Waals surface area contributed by atoms with Gasteiger partial charge in [-0.3, -0.25) is 9.11 Å². The summed E-state index contributed by atoms with van der Waals surface area (Å²) >= 11 is 0. The van der Waals surface area contributed by atoms with Crippen LogP contribution in [0.2, 0.25) is 0 Å². The Morgan fingerprint density at radius 2 is 1.09 bits per heavy atom. The molecule has 0 heterocycles. The largest absolute Gasteiger partial charge is 0.338 e. The van der Waals surface area contributed by atoms with Crippen LogP contribution in [0.4, 0.5) is 21.0 Å². The van der Waals surface area contributed by atoms with E-state index in [1.165, 1.54) is 36.4 Å². The predicted molar refractivity (Wildman–Crippen MR) is 127 cm³/mol. The summed E-state index contributed by atoms with van der Waals surface area (Å²) in [5.74, 6) is 0. The van der Waals surface area contributed by atoms with Crippen molar-refractivity contribution in [3.63, 3.8) is 0 Å². The van der Waals surface area contributed by atoms with Crippen molar-refractivity contribution < 1.29 is 35.5 Å². The lowest BCUT2D eigenvalue weighted by atomic mass is 10.1. The number of urea groups is 2. The van der Waals surface area contributed by atoms with Crippen molar-refractivity contribution in [3.8, 4) is 0 Å². The Morgan fingerprint density at radius 1 is 0.735 bits per heavy atom. The van der Waals surface area contributed by atoms with Crippen molar-refractivity contribution in [2.45, 2.75) is 23.6 Å². The van der Waals surface area contributed by atoms with Gasteiger partial charge in [0.1, 0.15) is 9.79 Å². The molecule has 4 amide bonds. The fraction of sp³-hybridized carbons (Fsp3) is 0.200. The molecule has 0 saturated heterocycles. The Balaban J connectivity index is 2.47. The molecule has 0 aliphatic rings. The molecule has 0 bridgehead atoms. The van der Waals surface area contributed by atoms with Gasteiger partial charge in [0.05, 0.1) is 0 Å². The van der Waals surface area contributed by atoms with Crippen molar-refractivity contribution >= 4 is 55.8 Å². The van der Waals surface area contributed by atoms with Crippen LogP contribution in [0.3, 0.4) is 0 Å². The first-order valence-electron chi connectivity index (χ1n) is 9.86. The van der Waals surface area contributed by atoms with Crippen LogP contribution in [0, 0.1) is 0 Å². The normalized spacial score (nSPS) is 11.8. The number of nitrogens with one attached hydrogen (secondary N) is 4. The molecule has 184 valence electrons. The van der Waals surface area contributed by atoms with Gasteiger partial charge >= 0.3 is 12.1 Å². The van der Waals surface area contributed by atoms with Gasteiger partial charge in [0, 0.05) is 24.5 Å². The average Bonchev–Trinajstić information content (AvgIpc) is 2.72. The van der Waals surface area contributed by atoms with E-state index in [1.54, 1.807) is 13.8 Å². The third kappa shape index (κ3) is 7.55. The lowest BCUT2D eigenvalue weighted by Gasteiger charge is -2.10. The third-order valence-electron chi connectivity index (χ3n) is 4.22. The van der Waals surface area contributed by atoms with E-state index in [4.69, 9.17) is 0 Å². The molecule has 2 aromatic rings. The molecule has 2 rings (SSSR count). The van der Waals surface area contributed by atoms with Crippen molar-refractivity contribution in [1.82, 2.24) is 10.6 Å². The fourth-order valence-corrected chi connectivity index (χ4v) is 4.22. The molecule has 0 aliphatic heterocycles. The number of hydrogen-bond acceptors (Lipinski definition) is 6. The molecule has 0 radical (unpaired) electrons. The maximum Gasteiger partial charge on any atom is 0.319 e. The number of rotatable bonds is 8. The first-order valence-corrected chi connectivity index (χ1v) is 12.7. The molecule has 0 atom stereocenters. The van der Waals surface area contributed by atoms with Crippen LogP contribution in [0.5, 0.6) is 0 Å². The molecule has 12 nitrogen and oxygen atoms in total. The SMILES string of the molecule is CCNC(=O)Nc1ccc(C=Cc2ccc(NC(=O)NCC)cc2S(=O)(=O)O)c(S(=O)(=O)O)c1. The summed E-state index contributed by atoms with van der Waals surface area (Å²) in [7, 11) is -9.44. The summed E-state index contributed by atoms with van der Waals surface area (Å²) in [4.78, 5) is 22.3. The molecule has 0 unspecified atom stereocenters. The highest BCUT2D eigenvalue weighted by atomic mass is 32.2. The molecule has 34 heavy (non-hydrogen) atoms. The Hall–Kier alpha value is -3.46. The highest BCUT2D eigenvalue weighted by Crippen LogP contribution is 2.26. The number of carbonyl (C=O) groups excluding carboxylic acids is 2. The van der Waals surface area contributed by atoms with Crippen LogP contribution in [-0.4, -0.2) is 51.1 Å². The quantitative estimate of drug-likeness (QED) is 0.230. The van der Waals surface area contributed by atoms with Crippen LogP contribution in [0.1, 0.15) is 25.0 Å². The number of amides is 4. The molecule has 2 aromatic carbocycles.